The van der Waals surface area contributed by atoms with Crippen molar-refractivity contribution in [1.82, 2.24) is 14.9 Å². The highest BCUT2D eigenvalue weighted by atomic mass is 32.2. The van der Waals surface area contributed by atoms with E-state index in [1.165, 1.54) is 27.9 Å². The maximum Gasteiger partial charge on any atom is 0.252 e. The van der Waals surface area contributed by atoms with Gasteiger partial charge in [0.1, 0.15) is 18.2 Å². The maximum atomic E-state index is 14.1. The second-order valence-electron chi connectivity index (χ2n) is 5.91. The minimum atomic E-state index is -0.633. The van der Waals surface area contributed by atoms with E-state index in [0.717, 1.165) is 30.0 Å². The average Bonchev–Trinajstić information content (AvgIpc) is 3.09. The fraction of sp³-hybridized carbons (Fsp3) is 0.167. The van der Waals surface area contributed by atoms with E-state index in [1.54, 1.807) is 6.07 Å². The second kappa shape index (κ2) is 7.55. The first-order valence-electron chi connectivity index (χ1n) is 8.22. The number of fused-ring (bicyclic) bond motifs is 1. The molecule has 0 radical (unpaired) electrons. The van der Waals surface area contributed by atoms with E-state index < -0.39 is 17.5 Å². The first kappa shape index (κ1) is 18.4. The zero-order valence-corrected chi connectivity index (χ0v) is 15.1. The van der Waals surface area contributed by atoms with Crippen molar-refractivity contribution in [1.29, 1.82) is 0 Å². The Balaban J connectivity index is 1.62. The largest absolute Gasteiger partial charge is 0.482 e. The van der Waals surface area contributed by atoms with Crippen LogP contribution in [-0.2, 0) is 17.9 Å². The minimum absolute atomic E-state index is 0.0147. The molecule has 0 N–H and O–H groups in total. The molecule has 0 atom stereocenters. The number of thioether (sulfide) groups is 1. The van der Waals surface area contributed by atoms with E-state index in [-0.39, 0.29) is 41.9 Å². The molecule has 1 aliphatic rings. The standard InChI is InChI=1S/C18H13F3N4O2S/c19-12-5-6-13(20)11(7-12)8-24-17(26)10-28-18-23-22-16(25(18)24)9-27-15-4-2-1-3-14(15)21/h1-7H,8-10H2. The van der Waals surface area contributed by atoms with Crippen LogP contribution in [0.1, 0.15) is 11.4 Å². The number of halogens is 3. The zero-order chi connectivity index (χ0) is 19.7. The van der Waals surface area contributed by atoms with Gasteiger partial charge in [0, 0.05) is 5.56 Å². The predicted octanol–water partition coefficient (Wildman–Crippen LogP) is 3.04. The molecule has 0 saturated carbocycles. The van der Waals surface area contributed by atoms with Gasteiger partial charge < -0.3 is 4.74 Å². The molecule has 0 saturated heterocycles. The molecule has 0 fully saturated rings. The minimum Gasteiger partial charge on any atom is -0.482 e. The topological polar surface area (TPSA) is 60.2 Å². The van der Waals surface area contributed by atoms with E-state index in [2.05, 4.69) is 10.2 Å². The van der Waals surface area contributed by atoms with Crippen LogP contribution in [0.15, 0.2) is 47.6 Å². The lowest BCUT2D eigenvalue weighted by atomic mass is 10.2. The number of ether oxygens (including phenoxy) is 1. The van der Waals surface area contributed by atoms with Crippen molar-refractivity contribution < 1.29 is 22.7 Å². The number of para-hydroxylation sites is 1. The SMILES string of the molecule is O=C1CSc2nnc(COc3ccccc3F)n2N1Cc1cc(F)ccc1F. The van der Waals surface area contributed by atoms with E-state index in [9.17, 15) is 18.0 Å². The maximum absolute atomic E-state index is 14.1. The predicted molar refractivity (Wildman–Crippen MR) is 94.8 cm³/mol. The normalized spacial score (nSPS) is 13.5. The van der Waals surface area contributed by atoms with Crippen molar-refractivity contribution in [3.05, 3.63) is 71.3 Å². The molecule has 2 aromatic carbocycles. The summed E-state index contributed by atoms with van der Waals surface area (Å²) in [5.74, 6) is -1.76. The van der Waals surface area contributed by atoms with E-state index in [1.807, 2.05) is 0 Å². The number of carbonyl (C=O) groups excluding carboxylic acids is 1. The fourth-order valence-corrected chi connectivity index (χ4v) is 3.55. The smallest absolute Gasteiger partial charge is 0.252 e. The summed E-state index contributed by atoms with van der Waals surface area (Å²) in [5, 5.41) is 9.62. The Morgan fingerprint density at radius 3 is 2.71 bits per heavy atom. The molecule has 3 aromatic rings. The molecule has 144 valence electrons. The highest BCUT2D eigenvalue weighted by Crippen LogP contribution is 2.26. The molecule has 28 heavy (non-hydrogen) atoms. The summed E-state index contributed by atoms with van der Waals surface area (Å²) in [7, 11) is 0. The third-order valence-corrected chi connectivity index (χ3v) is 4.96. The molecule has 1 aromatic heterocycles. The van der Waals surface area contributed by atoms with Gasteiger partial charge in [-0.2, -0.15) is 0 Å². The van der Waals surface area contributed by atoms with Crippen molar-refractivity contribution >= 4 is 17.7 Å². The third kappa shape index (κ3) is 3.55. The average molecular weight is 406 g/mol. The molecule has 0 unspecified atom stereocenters. The first-order chi connectivity index (χ1) is 13.5. The van der Waals surface area contributed by atoms with Crippen LogP contribution in [0.25, 0.3) is 0 Å². The van der Waals surface area contributed by atoms with Gasteiger partial charge in [0.05, 0.1) is 12.3 Å². The van der Waals surface area contributed by atoms with Gasteiger partial charge in [-0.1, -0.05) is 23.9 Å². The first-order valence-corrected chi connectivity index (χ1v) is 9.20. The Kier molecular flexibility index (Phi) is 4.95. The lowest BCUT2D eigenvalue weighted by molar-refractivity contribution is -0.118. The van der Waals surface area contributed by atoms with Crippen molar-refractivity contribution in [3.63, 3.8) is 0 Å². The highest BCUT2D eigenvalue weighted by Gasteiger charge is 2.30. The molecule has 1 aliphatic heterocycles. The Hall–Kier alpha value is -3.01. The van der Waals surface area contributed by atoms with Crippen LogP contribution >= 0.6 is 11.8 Å². The fourth-order valence-electron chi connectivity index (χ4n) is 2.72. The summed E-state index contributed by atoms with van der Waals surface area (Å²) >= 11 is 1.16. The van der Waals surface area contributed by atoms with Crippen molar-refractivity contribution in [2.24, 2.45) is 0 Å². The van der Waals surface area contributed by atoms with Gasteiger partial charge in [-0.15, -0.1) is 10.2 Å². The van der Waals surface area contributed by atoms with Crippen LogP contribution < -0.4 is 9.75 Å². The van der Waals surface area contributed by atoms with Crippen molar-refractivity contribution in [2.45, 2.75) is 18.3 Å². The molecule has 1 amide bonds. The van der Waals surface area contributed by atoms with Gasteiger partial charge in [-0.25, -0.2) is 22.9 Å². The number of aromatic nitrogens is 3. The Morgan fingerprint density at radius 2 is 1.89 bits per heavy atom. The van der Waals surface area contributed by atoms with E-state index in [4.69, 9.17) is 4.74 Å². The second-order valence-corrected chi connectivity index (χ2v) is 6.85. The highest BCUT2D eigenvalue weighted by molar-refractivity contribution is 7.99. The zero-order valence-electron chi connectivity index (χ0n) is 14.3. The third-order valence-electron chi connectivity index (χ3n) is 4.05. The number of carbonyl (C=O) groups is 1. The van der Waals surface area contributed by atoms with Crippen LogP contribution in [0.4, 0.5) is 13.2 Å². The molecule has 6 nitrogen and oxygen atoms in total. The summed E-state index contributed by atoms with van der Waals surface area (Å²) < 4.78 is 48.1. The number of nitrogens with zero attached hydrogens (tertiary/aromatic N) is 4. The van der Waals surface area contributed by atoms with Crippen LogP contribution in [0.3, 0.4) is 0 Å². The molecule has 4 rings (SSSR count). The number of amides is 1. The van der Waals surface area contributed by atoms with Crippen LogP contribution in [0, 0.1) is 17.5 Å². The number of hydrogen-bond donors (Lipinski definition) is 0. The van der Waals surface area contributed by atoms with Crippen LogP contribution in [0.5, 0.6) is 5.75 Å². The molecule has 0 aliphatic carbocycles. The Morgan fingerprint density at radius 1 is 1.07 bits per heavy atom. The molecular formula is C18H13F3N4O2S. The van der Waals surface area contributed by atoms with Gasteiger partial charge in [-0.05, 0) is 30.3 Å². The molecular weight excluding hydrogens is 393 g/mol. The van der Waals surface area contributed by atoms with Crippen LogP contribution in [-0.4, -0.2) is 26.5 Å². The monoisotopic (exact) mass is 406 g/mol. The van der Waals surface area contributed by atoms with Crippen LogP contribution in [0.2, 0.25) is 0 Å². The number of benzene rings is 2. The molecule has 0 spiro atoms. The summed E-state index contributed by atoms with van der Waals surface area (Å²) in [6.45, 7) is -0.370. The van der Waals surface area contributed by atoms with Gasteiger partial charge in [0.2, 0.25) is 5.16 Å². The van der Waals surface area contributed by atoms with Gasteiger partial charge in [0.15, 0.2) is 17.4 Å². The van der Waals surface area contributed by atoms with Gasteiger partial charge in [-0.3, -0.25) is 4.79 Å². The molecule has 0 bridgehead atoms. The summed E-state index contributed by atoms with van der Waals surface area (Å²) in [5.41, 5.74) is 0.0147. The quantitative estimate of drug-likeness (QED) is 0.652. The van der Waals surface area contributed by atoms with Gasteiger partial charge in [0.25, 0.3) is 5.91 Å². The molecule has 10 heteroatoms. The number of rotatable bonds is 5. The summed E-state index contributed by atoms with van der Waals surface area (Å²) in [6.07, 6.45) is 0. The van der Waals surface area contributed by atoms with E-state index in [0.29, 0.717) is 5.16 Å². The van der Waals surface area contributed by atoms with Crippen molar-refractivity contribution in [3.8, 4) is 5.75 Å². The lowest BCUT2D eigenvalue weighted by Gasteiger charge is -2.29. The summed E-state index contributed by atoms with van der Waals surface area (Å²) in [6, 6.07) is 8.91. The summed E-state index contributed by atoms with van der Waals surface area (Å²) in [4.78, 5) is 12.4. The Labute approximate surface area is 161 Å². The Bertz CT molecular complexity index is 1040. The van der Waals surface area contributed by atoms with Crippen molar-refractivity contribution in [2.75, 3.05) is 10.8 Å². The lowest BCUT2D eigenvalue weighted by Crippen LogP contribution is -2.45. The number of hydrogen-bond acceptors (Lipinski definition) is 5. The van der Waals surface area contributed by atoms with E-state index >= 15 is 0 Å². The molecule has 2 heterocycles. The van der Waals surface area contributed by atoms with Gasteiger partial charge >= 0.3 is 0 Å².